The van der Waals surface area contributed by atoms with Gasteiger partial charge in [0.25, 0.3) is 0 Å². The van der Waals surface area contributed by atoms with Crippen molar-refractivity contribution in [3.8, 4) is 0 Å². The average Bonchev–Trinajstić information content (AvgIpc) is 2.65. The highest BCUT2D eigenvalue weighted by Crippen LogP contribution is 2.28. The molecule has 1 saturated carbocycles. The highest BCUT2D eigenvalue weighted by atomic mass is 16.6. The van der Waals surface area contributed by atoms with Crippen LogP contribution in [0.25, 0.3) is 0 Å². The molecule has 0 aromatic heterocycles. The molecule has 1 aromatic rings. The van der Waals surface area contributed by atoms with Crippen LogP contribution in [0.2, 0.25) is 0 Å². The van der Waals surface area contributed by atoms with Crippen LogP contribution >= 0.6 is 0 Å². The predicted molar refractivity (Wildman–Crippen MR) is 109 cm³/mol. The summed E-state index contributed by atoms with van der Waals surface area (Å²) in [6.45, 7) is 5.98. The number of carboxylic acids is 1. The van der Waals surface area contributed by atoms with Crippen molar-refractivity contribution >= 4 is 18.0 Å². The second-order valence-corrected chi connectivity index (χ2v) is 8.69. The lowest BCUT2D eigenvalue weighted by molar-refractivity contribution is -0.142. The van der Waals surface area contributed by atoms with E-state index >= 15 is 0 Å². The Kier molecular flexibility index (Phi) is 8.05. The molecule has 0 spiro atoms. The molecule has 1 atom stereocenters. The van der Waals surface area contributed by atoms with Crippen LogP contribution in [0, 0.1) is 11.8 Å². The largest absolute Gasteiger partial charge is 0.480 e. The van der Waals surface area contributed by atoms with Gasteiger partial charge in [-0.15, -0.1) is 0 Å². The summed E-state index contributed by atoms with van der Waals surface area (Å²) in [5.41, 5.74) is 0.345. The van der Waals surface area contributed by atoms with E-state index in [2.05, 4.69) is 10.6 Å². The van der Waals surface area contributed by atoms with Gasteiger partial charge in [0.2, 0.25) is 5.91 Å². The Morgan fingerprint density at radius 3 is 2.28 bits per heavy atom. The molecule has 0 saturated heterocycles. The maximum Gasteiger partial charge on any atom is 0.407 e. The molecule has 7 heteroatoms. The van der Waals surface area contributed by atoms with Gasteiger partial charge in [-0.1, -0.05) is 30.3 Å². The van der Waals surface area contributed by atoms with E-state index in [-0.39, 0.29) is 18.2 Å². The number of carboxylic acid groups (broad SMARTS) is 1. The summed E-state index contributed by atoms with van der Waals surface area (Å²) in [7, 11) is 0. The van der Waals surface area contributed by atoms with Crippen LogP contribution < -0.4 is 10.6 Å². The van der Waals surface area contributed by atoms with Crippen molar-refractivity contribution in [1.82, 2.24) is 10.6 Å². The summed E-state index contributed by atoms with van der Waals surface area (Å²) in [6.07, 6.45) is 2.82. The van der Waals surface area contributed by atoms with Gasteiger partial charge in [-0.25, -0.2) is 9.59 Å². The number of benzene rings is 1. The quantitative estimate of drug-likeness (QED) is 0.648. The smallest absolute Gasteiger partial charge is 0.407 e. The van der Waals surface area contributed by atoms with Crippen LogP contribution in [0.4, 0.5) is 4.79 Å². The lowest BCUT2D eigenvalue weighted by Crippen LogP contribution is -2.46. The molecule has 3 N–H and O–H groups in total. The molecule has 7 nitrogen and oxygen atoms in total. The zero-order valence-electron chi connectivity index (χ0n) is 17.4. The Bertz CT molecular complexity index is 691. The van der Waals surface area contributed by atoms with Crippen molar-refractivity contribution < 1.29 is 24.2 Å². The fourth-order valence-electron chi connectivity index (χ4n) is 3.51. The number of carbonyl (C=O) groups is 3. The Morgan fingerprint density at radius 1 is 1.10 bits per heavy atom. The molecule has 0 bridgehead atoms. The predicted octanol–water partition coefficient (Wildman–Crippen LogP) is 3.13. The third kappa shape index (κ3) is 8.13. The second kappa shape index (κ2) is 10.3. The minimum atomic E-state index is -1.03. The Balaban J connectivity index is 1.77. The van der Waals surface area contributed by atoms with Crippen molar-refractivity contribution in [2.45, 2.75) is 64.5 Å². The minimum Gasteiger partial charge on any atom is -0.480 e. The molecule has 0 heterocycles. The first-order chi connectivity index (χ1) is 13.6. The van der Waals surface area contributed by atoms with Crippen molar-refractivity contribution in [2.24, 2.45) is 11.8 Å². The Morgan fingerprint density at radius 2 is 1.72 bits per heavy atom. The van der Waals surface area contributed by atoms with E-state index in [1.807, 2.05) is 51.1 Å². The van der Waals surface area contributed by atoms with Gasteiger partial charge in [-0.2, -0.15) is 0 Å². The zero-order chi connectivity index (χ0) is 21.4. The highest BCUT2D eigenvalue weighted by Gasteiger charge is 2.30. The van der Waals surface area contributed by atoms with E-state index in [0.29, 0.717) is 25.3 Å². The molecule has 1 aliphatic carbocycles. The fraction of sp³-hybridized carbons (Fsp3) is 0.591. The van der Waals surface area contributed by atoms with Gasteiger partial charge >= 0.3 is 12.1 Å². The average molecular weight is 405 g/mol. The third-order valence-corrected chi connectivity index (χ3v) is 5.05. The Hall–Kier alpha value is -2.57. The number of alkyl carbamates (subject to hydrolysis) is 1. The van der Waals surface area contributed by atoms with E-state index in [9.17, 15) is 19.5 Å². The molecule has 2 rings (SSSR count). The number of hydrogen-bond donors (Lipinski definition) is 3. The van der Waals surface area contributed by atoms with E-state index in [1.54, 1.807) is 0 Å². The van der Waals surface area contributed by atoms with Crippen LogP contribution in [0.15, 0.2) is 30.3 Å². The lowest BCUT2D eigenvalue weighted by atomic mass is 9.81. The van der Waals surface area contributed by atoms with Crippen molar-refractivity contribution in [3.63, 3.8) is 0 Å². The summed E-state index contributed by atoms with van der Waals surface area (Å²) in [5.74, 6) is -1.12. The van der Waals surface area contributed by atoms with Crippen molar-refractivity contribution in [2.75, 3.05) is 6.54 Å². The third-order valence-electron chi connectivity index (χ3n) is 5.05. The lowest BCUT2D eigenvalue weighted by Gasteiger charge is -2.29. The van der Waals surface area contributed by atoms with Gasteiger partial charge in [0, 0.05) is 18.9 Å². The summed E-state index contributed by atoms with van der Waals surface area (Å²) < 4.78 is 5.23. The van der Waals surface area contributed by atoms with Crippen LogP contribution in [0.1, 0.15) is 52.0 Å². The molecular formula is C22H32N2O5. The number of ether oxygens (including phenoxy) is 1. The zero-order valence-corrected chi connectivity index (χ0v) is 17.4. The maximum atomic E-state index is 12.6. The number of carbonyl (C=O) groups excluding carboxylic acids is 2. The van der Waals surface area contributed by atoms with E-state index in [4.69, 9.17) is 4.74 Å². The van der Waals surface area contributed by atoms with E-state index in [1.165, 1.54) is 0 Å². The van der Waals surface area contributed by atoms with Gasteiger partial charge in [0.15, 0.2) is 0 Å². The normalized spacial score (nSPS) is 20.4. The summed E-state index contributed by atoms with van der Waals surface area (Å²) >= 11 is 0. The number of aliphatic carboxylic acids is 1. The molecule has 29 heavy (non-hydrogen) atoms. The molecule has 0 unspecified atom stereocenters. The molecule has 1 fully saturated rings. The van der Waals surface area contributed by atoms with Gasteiger partial charge in [0.1, 0.15) is 11.6 Å². The molecule has 0 radical (unpaired) electrons. The van der Waals surface area contributed by atoms with Gasteiger partial charge in [-0.3, -0.25) is 4.79 Å². The highest BCUT2D eigenvalue weighted by molar-refractivity contribution is 5.85. The molecule has 1 aromatic carbocycles. The monoisotopic (exact) mass is 404 g/mol. The molecule has 2 amide bonds. The summed E-state index contributed by atoms with van der Waals surface area (Å²) in [6, 6.07) is 8.34. The first-order valence-electron chi connectivity index (χ1n) is 10.2. The van der Waals surface area contributed by atoms with Gasteiger partial charge < -0.3 is 20.5 Å². The summed E-state index contributed by atoms with van der Waals surface area (Å²) in [4.78, 5) is 35.9. The van der Waals surface area contributed by atoms with E-state index in [0.717, 1.165) is 18.4 Å². The minimum absolute atomic E-state index is 0.189. The van der Waals surface area contributed by atoms with Crippen molar-refractivity contribution in [1.29, 1.82) is 0 Å². The Labute approximate surface area is 172 Å². The second-order valence-electron chi connectivity index (χ2n) is 8.69. The van der Waals surface area contributed by atoms with Gasteiger partial charge in [0.05, 0.1) is 0 Å². The van der Waals surface area contributed by atoms with Crippen molar-refractivity contribution in [3.05, 3.63) is 35.9 Å². The first kappa shape index (κ1) is 22.7. The topological polar surface area (TPSA) is 105 Å². The first-order valence-corrected chi connectivity index (χ1v) is 10.2. The maximum absolute atomic E-state index is 12.6. The molecule has 0 aliphatic heterocycles. The SMILES string of the molecule is CC(C)(C)OC(=O)NCC1CCC(C(=O)N[C@@H](Cc2ccccc2)C(=O)O)CC1. The fourth-order valence-corrected chi connectivity index (χ4v) is 3.51. The van der Waals surface area contributed by atoms with E-state index < -0.39 is 23.7 Å². The number of hydrogen-bond acceptors (Lipinski definition) is 4. The molecule has 1 aliphatic rings. The number of amides is 2. The van der Waals surface area contributed by atoms with Crippen LogP contribution in [0.3, 0.4) is 0 Å². The van der Waals surface area contributed by atoms with Crippen LogP contribution in [-0.2, 0) is 20.7 Å². The van der Waals surface area contributed by atoms with Crippen LogP contribution in [0.5, 0.6) is 0 Å². The number of rotatable bonds is 7. The molecule has 160 valence electrons. The number of nitrogens with one attached hydrogen (secondary N) is 2. The summed E-state index contributed by atoms with van der Waals surface area (Å²) in [5, 5.41) is 14.9. The van der Waals surface area contributed by atoms with Crippen LogP contribution in [-0.4, -0.2) is 41.3 Å². The van der Waals surface area contributed by atoms with Gasteiger partial charge in [-0.05, 0) is 57.9 Å². The standard InChI is InChI=1S/C22H32N2O5/c1-22(2,3)29-21(28)23-14-16-9-11-17(12-10-16)19(25)24-18(20(26)27)13-15-7-5-4-6-8-15/h4-8,16-18H,9-14H2,1-3H3,(H,23,28)(H,24,25)(H,26,27)/t16?,17?,18-/m0/s1. The molecular weight excluding hydrogens is 372 g/mol.